The molecule has 1 aliphatic rings. The average Bonchev–Trinajstić information content (AvgIpc) is 2.88. The molecule has 2 rings (SSSR count). The third-order valence-electron chi connectivity index (χ3n) is 4.50. The van der Waals surface area contributed by atoms with Gasteiger partial charge in [-0.15, -0.1) is 0 Å². The number of rotatable bonds is 8. The maximum absolute atomic E-state index is 12.1. The Labute approximate surface area is 173 Å². The first-order chi connectivity index (χ1) is 14.0. The van der Waals surface area contributed by atoms with E-state index in [0.717, 1.165) is 10.5 Å². The third-order valence-corrected chi connectivity index (χ3v) is 4.50. The van der Waals surface area contributed by atoms with Crippen molar-refractivity contribution >= 4 is 35.5 Å². The number of ether oxygens (including phenoxy) is 2. The number of benzene rings is 1. The molecule has 0 spiro atoms. The molecule has 0 radical (unpaired) electrons. The molecule has 0 atom stereocenters. The molecule has 10 heteroatoms. The van der Waals surface area contributed by atoms with Crippen LogP contribution >= 0.6 is 0 Å². The lowest BCUT2D eigenvalue weighted by molar-refractivity contribution is -0.147. The standard InChI is InChI=1S/C20H25N3O7/c1-12-7-8-13(17(26)29-4)10-14(12)21-15(24)11-30-16(25)6-5-9-23-18(27)20(2,3)22-19(23)28/h7-8,10H,5-6,9,11H2,1-4H3,(H,21,24)(H,22,28). The van der Waals surface area contributed by atoms with Crippen LogP contribution in [0, 0.1) is 6.92 Å². The molecule has 0 unspecified atom stereocenters. The Morgan fingerprint density at radius 3 is 2.50 bits per heavy atom. The van der Waals surface area contributed by atoms with Crippen molar-refractivity contribution in [2.45, 2.75) is 39.2 Å². The first-order valence-corrected chi connectivity index (χ1v) is 9.33. The molecule has 162 valence electrons. The Hall–Kier alpha value is -3.43. The number of amides is 4. The number of aryl methyl sites for hydroxylation is 1. The minimum absolute atomic E-state index is 0.0539. The van der Waals surface area contributed by atoms with Gasteiger partial charge in [-0.3, -0.25) is 19.3 Å². The Kier molecular flexibility index (Phi) is 7.14. The predicted molar refractivity (Wildman–Crippen MR) is 106 cm³/mol. The predicted octanol–water partition coefficient (Wildman–Crippen LogP) is 1.37. The summed E-state index contributed by atoms with van der Waals surface area (Å²) in [6.07, 6.45) is 0.164. The van der Waals surface area contributed by atoms with Crippen molar-refractivity contribution in [3.05, 3.63) is 29.3 Å². The van der Waals surface area contributed by atoms with Crippen molar-refractivity contribution in [1.29, 1.82) is 0 Å². The lowest BCUT2D eigenvalue weighted by Gasteiger charge is -2.15. The summed E-state index contributed by atoms with van der Waals surface area (Å²) < 4.78 is 9.57. The molecule has 1 aromatic rings. The van der Waals surface area contributed by atoms with Crippen molar-refractivity contribution in [3.8, 4) is 0 Å². The summed E-state index contributed by atoms with van der Waals surface area (Å²) in [5.41, 5.74) is 0.442. The summed E-state index contributed by atoms with van der Waals surface area (Å²) >= 11 is 0. The van der Waals surface area contributed by atoms with Crippen LogP contribution in [-0.2, 0) is 23.9 Å². The molecule has 1 heterocycles. The summed E-state index contributed by atoms with van der Waals surface area (Å²) in [4.78, 5) is 60.4. The molecule has 1 aliphatic heterocycles. The molecule has 10 nitrogen and oxygen atoms in total. The van der Waals surface area contributed by atoms with Crippen LogP contribution in [0.3, 0.4) is 0 Å². The number of anilines is 1. The second-order valence-corrected chi connectivity index (χ2v) is 7.35. The van der Waals surface area contributed by atoms with Crippen molar-refractivity contribution in [3.63, 3.8) is 0 Å². The number of nitrogens with one attached hydrogen (secondary N) is 2. The molecule has 1 aromatic carbocycles. The van der Waals surface area contributed by atoms with Crippen molar-refractivity contribution in [2.75, 3.05) is 25.6 Å². The van der Waals surface area contributed by atoms with E-state index in [9.17, 15) is 24.0 Å². The van der Waals surface area contributed by atoms with Crippen molar-refractivity contribution in [1.82, 2.24) is 10.2 Å². The van der Waals surface area contributed by atoms with Gasteiger partial charge in [-0.25, -0.2) is 9.59 Å². The summed E-state index contributed by atoms with van der Waals surface area (Å²) in [6, 6.07) is 4.21. The second kappa shape index (κ2) is 9.38. The molecule has 0 saturated carbocycles. The maximum atomic E-state index is 12.1. The number of hydrogen-bond donors (Lipinski definition) is 2. The first-order valence-electron chi connectivity index (χ1n) is 9.33. The number of methoxy groups -OCH3 is 1. The number of hydrogen-bond acceptors (Lipinski definition) is 7. The van der Waals surface area contributed by atoms with Crippen LogP contribution in [0.1, 0.15) is 42.6 Å². The number of carbonyl (C=O) groups is 5. The second-order valence-electron chi connectivity index (χ2n) is 7.35. The molecule has 0 bridgehead atoms. The number of nitrogens with zero attached hydrogens (tertiary/aromatic N) is 1. The Balaban J connectivity index is 1.77. The summed E-state index contributed by atoms with van der Waals surface area (Å²) in [6.45, 7) is 4.52. The molecule has 1 saturated heterocycles. The van der Waals surface area contributed by atoms with Gasteiger partial charge < -0.3 is 20.1 Å². The van der Waals surface area contributed by atoms with Crippen LogP contribution in [0.15, 0.2) is 18.2 Å². The highest BCUT2D eigenvalue weighted by atomic mass is 16.5. The number of imide groups is 1. The normalized spacial score (nSPS) is 14.9. The van der Waals surface area contributed by atoms with E-state index in [-0.39, 0.29) is 30.9 Å². The number of esters is 2. The van der Waals surface area contributed by atoms with Crippen LogP contribution in [-0.4, -0.2) is 60.5 Å². The van der Waals surface area contributed by atoms with Gasteiger partial charge in [0.25, 0.3) is 11.8 Å². The quantitative estimate of drug-likeness (QED) is 0.481. The van der Waals surface area contributed by atoms with Gasteiger partial charge in [0.1, 0.15) is 5.54 Å². The molecule has 30 heavy (non-hydrogen) atoms. The molecular weight excluding hydrogens is 394 g/mol. The SMILES string of the molecule is COC(=O)c1ccc(C)c(NC(=O)COC(=O)CCCN2C(=O)NC(C)(C)C2=O)c1. The fourth-order valence-corrected chi connectivity index (χ4v) is 2.81. The van der Waals surface area contributed by atoms with Crippen molar-refractivity contribution < 1.29 is 33.4 Å². The highest BCUT2D eigenvalue weighted by Crippen LogP contribution is 2.18. The van der Waals surface area contributed by atoms with E-state index in [0.29, 0.717) is 5.69 Å². The van der Waals surface area contributed by atoms with E-state index in [1.165, 1.54) is 13.2 Å². The maximum Gasteiger partial charge on any atom is 0.337 e. The van der Waals surface area contributed by atoms with Gasteiger partial charge in [0.15, 0.2) is 6.61 Å². The zero-order valence-electron chi connectivity index (χ0n) is 17.4. The van der Waals surface area contributed by atoms with Gasteiger partial charge in [-0.1, -0.05) is 6.07 Å². The molecule has 0 aromatic heterocycles. The molecule has 0 aliphatic carbocycles. The van der Waals surface area contributed by atoms with E-state index in [2.05, 4.69) is 15.4 Å². The Bertz CT molecular complexity index is 879. The van der Waals surface area contributed by atoms with Gasteiger partial charge in [-0.05, 0) is 44.9 Å². The van der Waals surface area contributed by atoms with Gasteiger partial charge in [0.2, 0.25) is 0 Å². The highest BCUT2D eigenvalue weighted by Gasteiger charge is 2.43. The summed E-state index contributed by atoms with van der Waals surface area (Å²) in [5, 5.41) is 5.13. The fourth-order valence-electron chi connectivity index (χ4n) is 2.81. The topological polar surface area (TPSA) is 131 Å². The largest absolute Gasteiger partial charge is 0.465 e. The van der Waals surface area contributed by atoms with E-state index in [4.69, 9.17) is 4.74 Å². The fraction of sp³-hybridized carbons (Fsp3) is 0.450. The smallest absolute Gasteiger partial charge is 0.337 e. The first kappa shape index (κ1) is 22.9. The Morgan fingerprint density at radius 1 is 1.20 bits per heavy atom. The summed E-state index contributed by atoms with van der Waals surface area (Å²) in [7, 11) is 1.26. The minimum Gasteiger partial charge on any atom is -0.465 e. The minimum atomic E-state index is -0.959. The number of urea groups is 1. The van der Waals surface area contributed by atoms with E-state index in [1.807, 2.05) is 0 Å². The van der Waals surface area contributed by atoms with Gasteiger partial charge in [-0.2, -0.15) is 0 Å². The average molecular weight is 419 g/mol. The molecule has 2 N–H and O–H groups in total. The van der Waals surface area contributed by atoms with Crippen LogP contribution in [0.25, 0.3) is 0 Å². The number of carbonyl (C=O) groups excluding carboxylic acids is 5. The van der Waals surface area contributed by atoms with Gasteiger partial charge >= 0.3 is 18.0 Å². The monoisotopic (exact) mass is 419 g/mol. The van der Waals surface area contributed by atoms with Crippen LogP contribution in [0.5, 0.6) is 0 Å². The van der Waals surface area contributed by atoms with E-state index < -0.39 is 36.0 Å². The zero-order chi connectivity index (χ0) is 22.5. The third kappa shape index (κ3) is 5.56. The van der Waals surface area contributed by atoms with E-state index in [1.54, 1.807) is 32.9 Å². The zero-order valence-corrected chi connectivity index (χ0v) is 17.4. The van der Waals surface area contributed by atoms with Gasteiger partial charge in [0.05, 0.1) is 12.7 Å². The molecule has 1 fully saturated rings. The Morgan fingerprint density at radius 2 is 1.90 bits per heavy atom. The highest BCUT2D eigenvalue weighted by molar-refractivity contribution is 6.06. The summed E-state index contributed by atoms with van der Waals surface area (Å²) in [5.74, 6) is -2.09. The molecular formula is C20H25N3O7. The van der Waals surface area contributed by atoms with Crippen LogP contribution < -0.4 is 10.6 Å². The lowest BCUT2D eigenvalue weighted by Crippen LogP contribution is -2.40. The van der Waals surface area contributed by atoms with Crippen LogP contribution in [0.4, 0.5) is 10.5 Å². The van der Waals surface area contributed by atoms with Gasteiger partial charge in [0, 0.05) is 18.7 Å². The van der Waals surface area contributed by atoms with E-state index >= 15 is 0 Å². The van der Waals surface area contributed by atoms with Crippen LogP contribution in [0.2, 0.25) is 0 Å². The lowest BCUT2D eigenvalue weighted by atomic mass is 10.1. The van der Waals surface area contributed by atoms with Crippen molar-refractivity contribution in [2.24, 2.45) is 0 Å². The molecule has 4 amide bonds.